The van der Waals surface area contributed by atoms with Gasteiger partial charge in [-0.3, -0.25) is 0 Å². The summed E-state index contributed by atoms with van der Waals surface area (Å²) in [5.41, 5.74) is 6.98. The second kappa shape index (κ2) is 58.0. The molecule has 0 saturated carbocycles. The maximum absolute atomic E-state index is 6.83. The van der Waals surface area contributed by atoms with Gasteiger partial charge in [0.25, 0.3) is 0 Å². The van der Waals surface area contributed by atoms with Gasteiger partial charge in [0.2, 0.25) is 0 Å². The average Bonchev–Trinajstić information content (AvgIpc) is 0.892. The second-order valence-corrected chi connectivity index (χ2v) is 30.9. The molecule has 0 radical (unpaired) electrons. The number of benzene rings is 4. The molecule has 10 heteroatoms. The number of aromatic nitrogens is 4. The lowest BCUT2D eigenvalue weighted by atomic mass is 10.0. The van der Waals surface area contributed by atoms with Gasteiger partial charge in [0.15, 0.2) is 23.0 Å². The van der Waals surface area contributed by atoms with Crippen molar-refractivity contribution >= 4 is 22.4 Å². The van der Waals surface area contributed by atoms with E-state index in [1.807, 2.05) is 0 Å². The summed E-state index contributed by atoms with van der Waals surface area (Å²) in [6, 6.07) is 27.6. The molecule has 0 spiro atoms. The number of hydrogen-bond donors (Lipinski definition) is 0. The molecule has 9 nitrogen and oxygen atoms in total. The molecular formula is C92H146N4O5S. The molecule has 0 saturated heterocycles. The molecule has 6 aromatic rings. The van der Waals surface area contributed by atoms with Crippen LogP contribution in [0, 0.1) is 0 Å². The molecule has 0 aliphatic rings. The van der Waals surface area contributed by atoms with Crippen LogP contribution in [-0.2, 0) is 0 Å². The molecular weight excluding hydrogens is 1270 g/mol. The molecule has 0 amide bonds. The summed E-state index contributed by atoms with van der Waals surface area (Å²) in [5.74, 6) is 4.02. The topological polar surface area (TPSA) is 97.7 Å². The lowest BCUT2D eigenvalue weighted by Crippen LogP contribution is -2.04. The fraction of sp³-hybridized carbons (Fsp3) is 0.696. The smallest absolute Gasteiger partial charge is 0.161 e. The Morgan fingerprint density at radius 3 is 0.804 bits per heavy atom. The van der Waals surface area contributed by atoms with Gasteiger partial charge in [0, 0.05) is 22.3 Å². The van der Waals surface area contributed by atoms with E-state index in [2.05, 4.69) is 113 Å². The maximum atomic E-state index is 6.83. The van der Waals surface area contributed by atoms with E-state index >= 15 is 0 Å². The van der Waals surface area contributed by atoms with E-state index in [9.17, 15) is 0 Å². The van der Waals surface area contributed by atoms with Crippen LogP contribution in [0.5, 0.6) is 28.7 Å². The van der Waals surface area contributed by atoms with Crippen LogP contribution in [0.25, 0.3) is 54.7 Å². The standard InChI is InChI=1S/C92H146N4O5S/c1-6-11-16-21-26-31-36-37-38-39-44-45-50-55-70-97-82-65-60-78(61-66-82)91-95-96-92(102-91)81-62-67-83-84(75-81)94-90(80-64-69-86(99-72-57-52-47-41-33-28-23-18-13-8-3)88(77-80)101-74-59-54-49-43-35-30-25-20-15-10-5)89(93-83)79-63-68-85(98-71-56-51-46-40-32-27-22-17-12-7-2)87(76-79)100-73-58-53-48-42-34-29-24-19-14-9-4/h60-69,75-77H,6-59,70-74H2,1-5H3. The van der Waals surface area contributed by atoms with Crippen molar-refractivity contribution in [2.45, 2.75) is 381 Å². The zero-order chi connectivity index (χ0) is 71.6. The van der Waals surface area contributed by atoms with Crippen LogP contribution in [0.3, 0.4) is 0 Å². The highest BCUT2D eigenvalue weighted by atomic mass is 32.1. The zero-order valence-electron chi connectivity index (χ0n) is 66.0. The van der Waals surface area contributed by atoms with Crippen molar-refractivity contribution in [1.82, 2.24) is 20.2 Å². The monoisotopic (exact) mass is 1420 g/mol. The van der Waals surface area contributed by atoms with Crippen LogP contribution in [0.1, 0.15) is 381 Å². The van der Waals surface area contributed by atoms with Crippen molar-refractivity contribution < 1.29 is 23.7 Å². The minimum atomic E-state index is 0.635. The molecule has 0 unspecified atom stereocenters. The van der Waals surface area contributed by atoms with Crippen LogP contribution in [-0.4, -0.2) is 53.2 Å². The summed E-state index contributed by atoms with van der Waals surface area (Å²) >= 11 is 1.60. The Morgan fingerprint density at radius 2 is 0.480 bits per heavy atom. The number of nitrogens with zero attached hydrogens (tertiary/aromatic N) is 4. The summed E-state index contributed by atoms with van der Waals surface area (Å²) < 4.78 is 33.2. The van der Waals surface area contributed by atoms with E-state index < -0.39 is 0 Å². The van der Waals surface area contributed by atoms with E-state index in [0.29, 0.717) is 26.4 Å². The number of hydrogen-bond acceptors (Lipinski definition) is 10. The third-order valence-electron chi connectivity index (χ3n) is 20.7. The van der Waals surface area contributed by atoms with Crippen molar-refractivity contribution in [1.29, 1.82) is 0 Å². The molecule has 0 bridgehead atoms. The summed E-state index contributed by atoms with van der Waals surface area (Å²) in [5, 5.41) is 11.2. The van der Waals surface area contributed by atoms with E-state index in [-0.39, 0.29) is 0 Å². The first-order valence-electron chi connectivity index (χ1n) is 43.2. The largest absolute Gasteiger partial charge is 0.494 e. The predicted octanol–water partition coefficient (Wildman–Crippen LogP) is 30.2. The van der Waals surface area contributed by atoms with Gasteiger partial charge in [-0.25, -0.2) is 9.97 Å². The van der Waals surface area contributed by atoms with Crippen LogP contribution in [0.4, 0.5) is 0 Å². The molecule has 4 aromatic carbocycles. The van der Waals surface area contributed by atoms with E-state index in [0.717, 1.165) is 135 Å². The third-order valence-corrected chi connectivity index (χ3v) is 21.7. The Balaban J connectivity index is 1.22. The molecule has 570 valence electrons. The Labute approximate surface area is 628 Å². The molecule has 0 aliphatic carbocycles. The van der Waals surface area contributed by atoms with Crippen molar-refractivity contribution in [2.75, 3.05) is 33.0 Å². The number of ether oxygens (including phenoxy) is 5. The molecule has 0 N–H and O–H groups in total. The molecule has 2 heterocycles. The fourth-order valence-electron chi connectivity index (χ4n) is 14.1. The predicted molar refractivity (Wildman–Crippen MR) is 440 cm³/mol. The van der Waals surface area contributed by atoms with Crippen LogP contribution in [0.2, 0.25) is 0 Å². The van der Waals surface area contributed by atoms with Crippen LogP contribution < -0.4 is 23.7 Å². The first kappa shape index (κ1) is 85.7. The van der Waals surface area contributed by atoms with E-state index in [4.69, 9.17) is 43.8 Å². The molecule has 0 fully saturated rings. The highest BCUT2D eigenvalue weighted by Gasteiger charge is 2.21. The molecule has 0 aliphatic heterocycles. The molecule has 0 atom stereocenters. The lowest BCUT2D eigenvalue weighted by molar-refractivity contribution is 0.258. The Morgan fingerprint density at radius 1 is 0.225 bits per heavy atom. The summed E-state index contributed by atoms with van der Waals surface area (Å²) in [6.07, 6.45) is 70.2. The lowest BCUT2D eigenvalue weighted by Gasteiger charge is -2.17. The van der Waals surface area contributed by atoms with Gasteiger partial charge >= 0.3 is 0 Å². The summed E-state index contributed by atoms with van der Waals surface area (Å²) in [6.45, 7) is 14.8. The Bertz CT molecular complexity index is 2980. The van der Waals surface area contributed by atoms with E-state index in [1.165, 1.54) is 302 Å². The molecule has 2 aromatic heterocycles. The van der Waals surface area contributed by atoms with Gasteiger partial charge < -0.3 is 23.7 Å². The fourth-order valence-corrected chi connectivity index (χ4v) is 14.9. The van der Waals surface area contributed by atoms with Crippen molar-refractivity contribution in [2.24, 2.45) is 0 Å². The van der Waals surface area contributed by atoms with Gasteiger partial charge in [-0.15, -0.1) is 10.2 Å². The quantitative estimate of drug-likeness (QED) is 0.0346. The zero-order valence-corrected chi connectivity index (χ0v) is 66.8. The third kappa shape index (κ3) is 37.2. The number of unbranched alkanes of at least 4 members (excludes halogenated alkanes) is 49. The maximum Gasteiger partial charge on any atom is 0.161 e. The molecule has 6 rings (SSSR count). The average molecular weight is 1420 g/mol. The first-order valence-corrected chi connectivity index (χ1v) is 44.1. The van der Waals surface area contributed by atoms with Crippen LogP contribution in [0.15, 0.2) is 78.9 Å². The van der Waals surface area contributed by atoms with Crippen molar-refractivity contribution in [3.8, 4) is 72.4 Å². The van der Waals surface area contributed by atoms with E-state index in [1.54, 1.807) is 11.3 Å². The number of rotatable bonds is 68. The highest BCUT2D eigenvalue weighted by Crippen LogP contribution is 2.41. The first-order chi connectivity index (χ1) is 50.5. The van der Waals surface area contributed by atoms with Gasteiger partial charge in [-0.2, -0.15) is 0 Å². The highest BCUT2D eigenvalue weighted by molar-refractivity contribution is 7.17. The summed E-state index contributed by atoms with van der Waals surface area (Å²) in [7, 11) is 0. The van der Waals surface area contributed by atoms with Gasteiger partial charge in [0.1, 0.15) is 15.8 Å². The Kier molecular flexibility index (Phi) is 48.7. The van der Waals surface area contributed by atoms with Gasteiger partial charge in [0.05, 0.1) is 55.5 Å². The SMILES string of the molecule is CCCCCCCCCCCCCCCCOc1ccc(-c2nnc(-c3ccc4nc(-c5ccc(OCCCCCCCCCCCC)c(OCCCCCCCCCCCC)c5)c(-c5ccc(OCCCCCCCCCCCC)c(OCCCCCCCCCCCC)c5)nc4c3)s2)cc1. The minimum Gasteiger partial charge on any atom is -0.494 e. The minimum absolute atomic E-state index is 0.635. The number of fused-ring (bicyclic) bond motifs is 1. The second-order valence-electron chi connectivity index (χ2n) is 30.0. The molecule has 102 heavy (non-hydrogen) atoms. The van der Waals surface area contributed by atoms with Crippen molar-refractivity contribution in [3.63, 3.8) is 0 Å². The normalized spacial score (nSPS) is 11.5. The Hall–Kier alpha value is -5.22. The summed E-state index contributed by atoms with van der Waals surface area (Å²) in [4.78, 5) is 11.2. The van der Waals surface area contributed by atoms with Gasteiger partial charge in [-0.05, 0) is 111 Å². The van der Waals surface area contributed by atoms with Crippen molar-refractivity contribution in [3.05, 3.63) is 78.9 Å². The van der Waals surface area contributed by atoms with Gasteiger partial charge in [-0.1, -0.05) is 361 Å². The van der Waals surface area contributed by atoms with Crippen LogP contribution >= 0.6 is 11.3 Å².